The number of nitrogens with zero attached hydrogens (tertiary/aromatic N) is 4. The molecule has 0 aromatic carbocycles. The molecule has 0 N–H and O–H groups in total. The van der Waals surface area contributed by atoms with Gasteiger partial charge in [-0.1, -0.05) is 5.16 Å². The molecule has 2 aliphatic rings. The molecule has 2 saturated heterocycles. The van der Waals surface area contributed by atoms with Crippen LogP contribution in [0.2, 0.25) is 0 Å². The molecule has 124 valence electrons. The number of nitriles is 1. The highest BCUT2D eigenvalue weighted by Crippen LogP contribution is 2.24. The predicted molar refractivity (Wildman–Crippen MR) is 88.7 cm³/mol. The monoisotopic (exact) mass is 306 g/mol. The topological polar surface area (TPSA) is 51.9 Å². The Labute approximate surface area is 134 Å². The van der Waals surface area contributed by atoms with Gasteiger partial charge >= 0.3 is 0 Å². The lowest BCUT2D eigenvalue weighted by atomic mass is 9.91. The van der Waals surface area contributed by atoms with Crippen LogP contribution >= 0.6 is 0 Å². The van der Waals surface area contributed by atoms with Crippen molar-refractivity contribution in [1.29, 1.82) is 5.26 Å². The number of rotatable bonds is 4. The van der Waals surface area contributed by atoms with Crippen LogP contribution in [0.5, 0.6) is 0 Å². The third kappa shape index (κ3) is 4.96. The van der Waals surface area contributed by atoms with E-state index in [0.717, 1.165) is 32.0 Å². The summed E-state index contributed by atoms with van der Waals surface area (Å²) in [5.74, 6) is 0.272. The number of oxime groups is 1. The zero-order chi connectivity index (χ0) is 15.9. The summed E-state index contributed by atoms with van der Waals surface area (Å²) in [5, 5.41) is 13.4. The van der Waals surface area contributed by atoms with Gasteiger partial charge in [0.2, 0.25) is 0 Å². The van der Waals surface area contributed by atoms with E-state index in [1.54, 1.807) is 0 Å². The molecule has 0 saturated carbocycles. The molecule has 0 bridgehead atoms. The minimum absolute atomic E-state index is 0.0337. The Balaban J connectivity index is 1.84. The second-order valence-corrected chi connectivity index (χ2v) is 6.94. The van der Waals surface area contributed by atoms with Crippen LogP contribution in [-0.4, -0.2) is 60.9 Å². The van der Waals surface area contributed by atoms with E-state index in [1.165, 1.54) is 32.4 Å². The van der Waals surface area contributed by atoms with Gasteiger partial charge in [-0.2, -0.15) is 5.26 Å². The normalized spacial score (nSPS) is 26.7. The lowest BCUT2D eigenvalue weighted by Crippen LogP contribution is -2.43. The molecule has 2 aliphatic heterocycles. The van der Waals surface area contributed by atoms with Crippen molar-refractivity contribution in [2.45, 2.75) is 58.1 Å². The van der Waals surface area contributed by atoms with Crippen LogP contribution < -0.4 is 0 Å². The zero-order valence-corrected chi connectivity index (χ0v) is 14.3. The van der Waals surface area contributed by atoms with Crippen molar-refractivity contribution < 1.29 is 4.84 Å². The van der Waals surface area contributed by atoms with Crippen LogP contribution in [0.15, 0.2) is 5.16 Å². The van der Waals surface area contributed by atoms with Gasteiger partial charge in [-0.3, -0.25) is 0 Å². The Morgan fingerprint density at radius 1 is 1.14 bits per heavy atom. The van der Waals surface area contributed by atoms with Gasteiger partial charge in [0, 0.05) is 12.0 Å². The third-order valence-corrected chi connectivity index (χ3v) is 4.83. The average Bonchev–Trinajstić information content (AvgIpc) is 2.73. The third-order valence-electron chi connectivity index (χ3n) is 4.83. The van der Waals surface area contributed by atoms with Crippen LogP contribution in [0.4, 0.5) is 0 Å². The van der Waals surface area contributed by atoms with E-state index in [-0.39, 0.29) is 12.0 Å². The SMILES string of the molecule is CC(C)O/N=C(\C#N)C1CCN(C2CCCN(C)CC2)CC1. The van der Waals surface area contributed by atoms with Gasteiger partial charge in [0.25, 0.3) is 0 Å². The van der Waals surface area contributed by atoms with Gasteiger partial charge in [-0.05, 0) is 79.2 Å². The fraction of sp³-hybridized carbons (Fsp3) is 0.882. The first-order valence-electron chi connectivity index (χ1n) is 8.66. The molecule has 1 atom stereocenters. The fourth-order valence-corrected chi connectivity index (χ4v) is 3.47. The van der Waals surface area contributed by atoms with E-state index in [0.29, 0.717) is 5.71 Å². The summed E-state index contributed by atoms with van der Waals surface area (Å²) in [6.07, 6.45) is 5.97. The first-order chi connectivity index (χ1) is 10.6. The standard InChI is InChI=1S/C17H30N4O/c1-14(2)22-19-17(13-18)15-6-11-21(12-7-15)16-5-4-9-20(3)10-8-16/h14-16H,4-12H2,1-3H3/b19-17+. The summed E-state index contributed by atoms with van der Waals surface area (Å²) in [6, 6.07) is 2.96. The summed E-state index contributed by atoms with van der Waals surface area (Å²) < 4.78 is 0. The van der Waals surface area contributed by atoms with Crippen LogP contribution in [0, 0.1) is 17.2 Å². The van der Waals surface area contributed by atoms with Crippen molar-refractivity contribution in [3.63, 3.8) is 0 Å². The first-order valence-corrected chi connectivity index (χ1v) is 8.66. The van der Waals surface area contributed by atoms with Crippen molar-refractivity contribution in [3.05, 3.63) is 0 Å². The summed E-state index contributed by atoms with van der Waals surface area (Å²) >= 11 is 0. The predicted octanol–water partition coefficient (Wildman–Crippen LogP) is 2.49. The average molecular weight is 306 g/mol. The molecule has 0 radical (unpaired) electrons. The molecule has 0 aromatic heterocycles. The van der Waals surface area contributed by atoms with Crippen molar-refractivity contribution >= 4 is 5.71 Å². The van der Waals surface area contributed by atoms with Crippen molar-refractivity contribution in [2.75, 3.05) is 33.2 Å². The minimum atomic E-state index is 0.0337. The molecule has 2 rings (SSSR count). The molecule has 0 aliphatic carbocycles. The Bertz CT molecular complexity index is 407. The smallest absolute Gasteiger partial charge is 0.160 e. The maximum Gasteiger partial charge on any atom is 0.160 e. The lowest BCUT2D eigenvalue weighted by molar-refractivity contribution is 0.0830. The van der Waals surface area contributed by atoms with E-state index in [1.807, 2.05) is 13.8 Å². The van der Waals surface area contributed by atoms with Crippen molar-refractivity contribution in [1.82, 2.24) is 9.80 Å². The van der Waals surface area contributed by atoms with Gasteiger partial charge in [0.15, 0.2) is 5.71 Å². The Morgan fingerprint density at radius 2 is 1.86 bits per heavy atom. The van der Waals surface area contributed by atoms with Crippen molar-refractivity contribution in [2.24, 2.45) is 11.1 Å². The molecule has 5 heteroatoms. The summed E-state index contributed by atoms with van der Waals surface area (Å²) in [5.41, 5.74) is 0.578. The largest absolute Gasteiger partial charge is 0.392 e. The Hall–Kier alpha value is -1.12. The molecule has 0 amide bonds. The number of piperidine rings is 1. The van der Waals surface area contributed by atoms with Gasteiger partial charge in [-0.25, -0.2) is 0 Å². The number of likely N-dealkylation sites (tertiary alicyclic amines) is 2. The highest BCUT2D eigenvalue weighted by molar-refractivity contribution is 5.99. The molecule has 5 nitrogen and oxygen atoms in total. The van der Waals surface area contributed by atoms with Crippen LogP contribution in [0.25, 0.3) is 0 Å². The van der Waals surface area contributed by atoms with E-state index < -0.39 is 0 Å². The second-order valence-electron chi connectivity index (χ2n) is 6.94. The summed E-state index contributed by atoms with van der Waals surface area (Å²) in [4.78, 5) is 10.3. The summed E-state index contributed by atoms with van der Waals surface area (Å²) in [6.45, 7) is 8.47. The van der Waals surface area contributed by atoms with Gasteiger partial charge in [-0.15, -0.1) is 0 Å². The number of hydrogen-bond acceptors (Lipinski definition) is 5. The highest BCUT2D eigenvalue weighted by Gasteiger charge is 2.28. The first kappa shape index (κ1) is 17.2. The van der Waals surface area contributed by atoms with E-state index >= 15 is 0 Å². The molecule has 2 fully saturated rings. The van der Waals surface area contributed by atoms with Crippen LogP contribution in [-0.2, 0) is 4.84 Å². The molecule has 1 unspecified atom stereocenters. The molecule has 0 aromatic rings. The quantitative estimate of drug-likeness (QED) is 0.591. The van der Waals surface area contributed by atoms with Crippen LogP contribution in [0.1, 0.15) is 46.0 Å². The number of hydrogen-bond donors (Lipinski definition) is 0. The molecule has 22 heavy (non-hydrogen) atoms. The summed E-state index contributed by atoms with van der Waals surface area (Å²) in [7, 11) is 2.22. The van der Waals surface area contributed by atoms with Crippen molar-refractivity contribution in [3.8, 4) is 6.07 Å². The molecular formula is C17H30N4O. The fourth-order valence-electron chi connectivity index (χ4n) is 3.47. The Kier molecular flexibility index (Phi) is 6.66. The van der Waals surface area contributed by atoms with E-state index in [9.17, 15) is 5.26 Å². The highest BCUT2D eigenvalue weighted by atomic mass is 16.6. The Morgan fingerprint density at radius 3 is 2.50 bits per heavy atom. The van der Waals surface area contributed by atoms with Crippen LogP contribution in [0.3, 0.4) is 0 Å². The van der Waals surface area contributed by atoms with Gasteiger partial charge < -0.3 is 14.6 Å². The van der Waals surface area contributed by atoms with Gasteiger partial charge in [0.05, 0.1) is 0 Å². The minimum Gasteiger partial charge on any atom is -0.392 e. The molecule has 0 spiro atoms. The van der Waals surface area contributed by atoms with E-state index in [4.69, 9.17) is 4.84 Å². The maximum atomic E-state index is 9.29. The van der Waals surface area contributed by atoms with E-state index in [2.05, 4.69) is 28.1 Å². The lowest BCUT2D eigenvalue weighted by Gasteiger charge is -2.36. The molecular weight excluding hydrogens is 276 g/mol. The second kappa shape index (κ2) is 8.50. The van der Waals surface area contributed by atoms with Gasteiger partial charge in [0.1, 0.15) is 12.2 Å². The zero-order valence-electron chi connectivity index (χ0n) is 14.3. The molecule has 2 heterocycles. The maximum absolute atomic E-state index is 9.29.